The van der Waals surface area contributed by atoms with E-state index < -0.39 is 16.8 Å². The highest BCUT2D eigenvalue weighted by atomic mass is 32.2. The molecule has 1 unspecified atom stereocenters. The molecular weight excluding hydrogens is 256 g/mol. The van der Waals surface area contributed by atoms with E-state index >= 15 is 0 Å². The number of methoxy groups -OCH3 is 1. The normalized spacial score (nSPS) is 11.7. The molecule has 0 aromatic carbocycles. The number of pyridine rings is 1. The number of nitrogens with one attached hydrogen (secondary N) is 1. The smallest absolute Gasteiger partial charge is 0.339 e. The summed E-state index contributed by atoms with van der Waals surface area (Å²) < 4.78 is 16.1. The van der Waals surface area contributed by atoms with Gasteiger partial charge >= 0.3 is 5.97 Å². The summed E-state index contributed by atoms with van der Waals surface area (Å²) in [5.74, 6) is -0.633. The van der Waals surface area contributed by atoms with Crippen molar-refractivity contribution in [1.29, 1.82) is 0 Å². The Hall–Kier alpha value is -1.76. The van der Waals surface area contributed by atoms with Crippen LogP contribution in [0.25, 0.3) is 0 Å². The SMILES string of the molecule is CNC(=O)CS(=O)Cc1ccc(C(=O)OC)cn1. The van der Waals surface area contributed by atoms with Gasteiger partial charge in [0.25, 0.3) is 0 Å². The quantitative estimate of drug-likeness (QED) is 0.753. The third kappa shape index (κ3) is 4.25. The van der Waals surface area contributed by atoms with Crippen molar-refractivity contribution in [2.75, 3.05) is 19.9 Å². The molecule has 0 saturated heterocycles. The van der Waals surface area contributed by atoms with Crippen molar-refractivity contribution in [2.24, 2.45) is 0 Å². The predicted molar refractivity (Wildman–Crippen MR) is 66.4 cm³/mol. The first-order chi connectivity index (χ1) is 8.56. The molecule has 1 heterocycles. The van der Waals surface area contributed by atoms with E-state index in [4.69, 9.17) is 0 Å². The molecule has 0 radical (unpaired) electrons. The van der Waals surface area contributed by atoms with Crippen LogP contribution in [0.4, 0.5) is 0 Å². The summed E-state index contributed by atoms with van der Waals surface area (Å²) >= 11 is 0. The highest BCUT2D eigenvalue weighted by molar-refractivity contribution is 7.84. The first-order valence-electron chi connectivity index (χ1n) is 5.15. The molecule has 18 heavy (non-hydrogen) atoms. The average molecular weight is 270 g/mol. The van der Waals surface area contributed by atoms with Gasteiger partial charge < -0.3 is 10.1 Å². The minimum Gasteiger partial charge on any atom is -0.465 e. The lowest BCUT2D eigenvalue weighted by Gasteiger charge is -2.02. The fourth-order valence-electron chi connectivity index (χ4n) is 1.18. The highest BCUT2D eigenvalue weighted by Gasteiger charge is 2.09. The summed E-state index contributed by atoms with van der Waals surface area (Å²) in [5.41, 5.74) is 0.892. The maximum Gasteiger partial charge on any atom is 0.339 e. The average Bonchev–Trinajstić information content (AvgIpc) is 2.38. The molecule has 1 aromatic rings. The first-order valence-corrected chi connectivity index (χ1v) is 6.64. The molecule has 0 aliphatic heterocycles. The van der Waals surface area contributed by atoms with E-state index in [0.717, 1.165) is 0 Å². The Balaban J connectivity index is 2.61. The van der Waals surface area contributed by atoms with Crippen molar-refractivity contribution in [2.45, 2.75) is 5.75 Å². The van der Waals surface area contributed by atoms with E-state index in [1.807, 2.05) is 0 Å². The monoisotopic (exact) mass is 270 g/mol. The molecular formula is C11H14N2O4S. The molecule has 0 spiro atoms. The Labute approximate surface area is 107 Å². The number of esters is 1. The topological polar surface area (TPSA) is 85.4 Å². The van der Waals surface area contributed by atoms with Gasteiger partial charge in [-0.2, -0.15) is 0 Å². The fraction of sp³-hybridized carbons (Fsp3) is 0.364. The fourth-order valence-corrected chi connectivity index (χ4v) is 2.22. The number of amides is 1. The number of nitrogens with zero attached hydrogens (tertiary/aromatic N) is 1. The van der Waals surface area contributed by atoms with Crippen molar-refractivity contribution in [3.8, 4) is 0 Å². The lowest BCUT2D eigenvalue weighted by molar-refractivity contribution is -0.118. The Morgan fingerprint density at radius 1 is 1.44 bits per heavy atom. The summed E-state index contributed by atoms with van der Waals surface area (Å²) in [7, 11) is 1.46. The van der Waals surface area contributed by atoms with Gasteiger partial charge in [0, 0.05) is 24.0 Å². The van der Waals surface area contributed by atoms with Crippen molar-refractivity contribution >= 4 is 22.7 Å². The Kier molecular flexibility index (Phi) is 5.44. The van der Waals surface area contributed by atoms with E-state index in [1.54, 1.807) is 12.1 Å². The zero-order valence-corrected chi connectivity index (χ0v) is 11.0. The molecule has 0 aliphatic rings. The van der Waals surface area contributed by atoms with Crippen LogP contribution in [0.5, 0.6) is 0 Å². The Morgan fingerprint density at radius 2 is 2.17 bits per heavy atom. The van der Waals surface area contributed by atoms with Crippen LogP contribution in [0.3, 0.4) is 0 Å². The molecule has 0 aliphatic carbocycles. The van der Waals surface area contributed by atoms with E-state index in [9.17, 15) is 13.8 Å². The van der Waals surface area contributed by atoms with Crippen LogP contribution in [0.1, 0.15) is 16.1 Å². The zero-order chi connectivity index (χ0) is 13.5. The van der Waals surface area contributed by atoms with Crippen LogP contribution in [-0.2, 0) is 26.1 Å². The molecule has 0 saturated carbocycles. The van der Waals surface area contributed by atoms with Gasteiger partial charge in [-0.05, 0) is 12.1 Å². The standard InChI is InChI=1S/C11H14N2O4S/c1-12-10(14)7-18(16)6-9-4-3-8(5-13-9)11(15)17-2/h3-5H,6-7H2,1-2H3,(H,12,14). The molecule has 1 amide bonds. The van der Waals surface area contributed by atoms with Gasteiger partial charge in [-0.3, -0.25) is 14.0 Å². The number of hydrogen-bond acceptors (Lipinski definition) is 5. The summed E-state index contributed by atoms with van der Waals surface area (Å²) in [5, 5.41) is 2.40. The van der Waals surface area contributed by atoms with E-state index in [1.165, 1.54) is 20.4 Å². The summed E-state index contributed by atoms with van der Waals surface area (Å²) in [6, 6.07) is 3.14. The van der Waals surface area contributed by atoms with Crippen LogP contribution in [0.2, 0.25) is 0 Å². The van der Waals surface area contributed by atoms with Crippen molar-refractivity contribution in [1.82, 2.24) is 10.3 Å². The molecule has 0 fully saturated rings. The highest BCUT2D eigenvalue weighted by Crippen LogP contribution is 2.04. The van der Waals surface area contributed by atoms with Crippen molar-refractivity contribution in [3.05, 3.63) is 29.6 Å². The summed E-state index contributed by atoms with van der Waals surface area (Å²) in [6.45, 7) is 0. The zero-order valence-electron chi connectivity index (χ0n) is 10.1. The maximum absolute atomic E-state index is 11.6. The third-order valence-corrected chi connectivity index (χ3v) is 3.33. The maximum atomic E-state index is 11.6. The van der Waals surface area contributed by atoms with Gasteiger partial charge in [0.05, 0.1) is 24.1 Å². The van der Waals surface area contributed by atoms with E-state index in [0.29, 0.717) is 11.3 Å². The van der Waals surface area contributed by atoms with Crippen LogP contribution in [0, 0.1) is 0 Å². The van der Waals surface area contributed by atoms with Gasteiger partial charge in [-0.15, -0.1) is 0 Å². The number of carbonyl (C=O) groups excluding carboxylic acids is 2. The second-order valence-corrected chi connectivity index (χ2v) is 4.89. The van der Waals surface area contributed by atoms with Crippen LogP contribution >= 0.6 is 0 Å². The second kappa shape index (κ2) is 6.85. The minimum absolute atomic E-state index is 0.0586. The molecule has 1 N–H and O–H groups in total. The summed E-state index contributed by atoms with van der Waals surface area (Å²) in [6.07, 6.45) is 1.36. The largest absolute Gasteiger partial charge is 0.465 e. The van der Waals surface area contributed by atoms with Gasteiger partial charge in [-0.1, -0.05) is 0 Å². The number of carbonyl (C=O) groups is 2. The van der Waals surface area contributed by atoms with Crippen molar-refractivity contribution in [3.63, 3.8) is 0 Å². The number of aromatic nitrogens is 1. The molecule has 1 rings (SSSR count). The van der Waals surface area contributed by atoms with Gasteiger partial charge in [0.15, 0.2) is 0 Å². The number of rotatable bonds is 5. The van der Waals surface area contributed by atoms with Crippen LogP contribution < -0.4 is 5.32 Å². The molecule has 6 nitrogen and oxygen atoms in total. The molecule has 98 valence electrons. The lowest BCUT2D eigenvalue weighted by Crippen LogP contribution is -2.24. The minimum atomic E-state index is -1.31. The molecule has 0 bridgehead atoms. The van der Waals surface area contributed by atoms with E-state index in [2.05, 4.69) is 15.0 Å². The number of ether oxygens (including phenoxy) is 1. The third-order valence-electron chi connectivity index (χ3n) is 2.13. The van der Waals surface area contributed by atoms with Gasteiger partial charge in [-0.25, -0.2) is 4.79 Å². The van der Waals surface area contributed by atoms with Crippen molar-refractivity contribution < 1.29 is 18.5 Å². The van der Waals surface area contributed by atoms with Gasteiger partial charge in [0.1, 0.15) is 5.75 Å². The van der Waals surface area contributed by atoms with Gasteiger partial charge in [0.2, 0.25) is 5.91 Å². The number of hydrogen-bond donors (Lipinski definition) is 1. The lowest BCUT2D eigenvalue weighted by atomic mass is 10.2. The molecule has 7 heteroatoms. The molecule has 1 aromatic heterocycles. The Morgan fingerprint density at radius 3 is 2.67 bits per heavy atom. The first kappa shape index (κ1) is 14.3. The summed E-state index contributed by atoms with van der Waals surface area (Å²) in [4.78, 5) is 26.2. The molecule has 1 atom stereocenters. The predicted octanol–water partition coefficient (Wildman–Crippen LogP) is -0.137. The van der Waals surface area contributed by atoms with Crippen LogP contribution in [0.15, 0.2) is 18.3 Å². The second-order valence-electron chi connectivity index (χ2n) is 3.43. The van der Waals surface area contributed by atoms with Crippen LogP contribution in [-0.4, -0.2) is 41.0 Å². The van der Waals surface area contributed by atoms with E-state index in [-0.39, 0.29) is 17.4 Å². The Bertz CT molecular complexity index is 459.